The molecule has 6 heteroatoms. The van der Waals surface area contributed by atoms with Crippen LogP contribution in [0.1, 0.15) is 17.3 Å². The number of allylic oxidation sites excluding steroid dienone is 1. The van der Waals surface area contributed by atoms with E-state index in [0.717, 1.165) is 24.3 Å². The number of ether oxygens (including phenoxy) is 1. The lowest BCUT2D eigenvalue weighted by Gasteiger charge is -2.13. The summed E-state index contributed by atoms with van der Waals surface area (Å²) in [6.45, 7) is 1.51. The second kappa shape index (κ2) is 7.33. The normalized spacial score (nSPS) is 12.4. The van der Waals surface area contributed by atoms with Gasteiger partial charge in [-0.15, -0.1) is 0 Å². The van der Waals surface area contributed by atoms with Crippen molar-refractivity contribution in [3.05, 3.63) is 76.6 Å². The molecule has 2 rings (SSSR count). The number of rotatable bonds is 5. The average Bonchev–Trinajstić information content (AvgIpc) is 2.53. The van der Waals surface area contributed by atoms with Gasteiger partial charge >= 0.3 is 0 Å². The molecule has 0 aliphatic rings. The highest BCUT2D eigenvalue weighted by molar-refractivity contribution is 6.30. The van der Waals surface area contributed by atoms with Crippen LogP contribution >= 0.6 is 11.6 Å². The Hall–Kier alpha value is -2.27. The molecule has 0 saturated carbocycles. The van der Waals surface area contributed by atoms with Gasteiger partial charge in [0.25, 0.3) is 0 Å². The van der Waals surface area contributed by atoms with Gasteiger partial charge in [-0.2, -0.15) is 0 Å². The van der Waals surface area contributed by atoms with E-state index in [2.05, 4.69) is 0 Å². The first-order chi connectivity index (χ1) is 10.9. The molecule has 0 amide bonds. The Morgan fingerprint density at radius 1 is 1.13 bits per heavy atom. The van der Waals surface area contributed by atoms with Gasteiger partial charge in [0.1, 0.15) is 11.9 Å². The smallest absolute Gasteiger partial charge is 0.193 e. The van der Waals surface area contributed by atoms with E-state index in [-0.39, 0.29) is 16.4 Å². The minimum atomic E-state index is -1.00. The van der Waals surface area contributed by atoms with E-state index in [1.165, 1.54) is 31.2 Å². The van der Waals surface area contributed by atoms with E-state index in [9.17, 15) is 18.0 Å². The molecule has 0 radical (unpaired) electrons. The van der Waals surface area contributed by atoms with Gasteiger partial charge in [0.05, 0.1) is 5.02 Å². The number of benzene rings is 2. The number of carbonyl (C=O) groups excluding carboxylic acids is 1. The van der Waals surface area contributed by atoms with E-state index >= 15 is 0 Å². The van der Waals surface area contributed by atoms with Crippen LogP contribution in [0.25, 0.3) is 0 Å². The predicted molar refractivity (Wildman–Crippen MR) is 81.3 cm³/mol. The molecule has 1 unspecified atom stereocenters. The van der Waals surface area contributed by atoms with Crippen LogP contribution in [0.5, 0.6) is 5.75 Å². The van der Waals surface area contributed by atoms with Crippen molar-refractivity contribution in [2.45, 2.75) is 13.0 Å². The fourth-order valence-corrected chi connectivity index (χ4v) is 1.92. The zero-order chi connectivity index (χ0) is 17.0. The number of ketones is 1. The topological polar surface area (TPSA) is 26.3 Å². The Labute approximate surface area is 136 Å². The number of hydrogen-bond donors (Lipinski definition) is 0. The summed E-state index contributed by atoms with van der Waals surface area (Å²) in [6.07, 6.45) is 1.76. The van der Waals surface area contributed by atoms with Crippen LogP contribution in [0.4, 0.5) is 13.2 Å². The van der Waals surface area contributed by atoms with Gasteiger partial charge in [0, 0.05) is 5.56 Å². The summed E-state index contributed by atoms with van der Waals surface area (Å²) in [4.78, 5) is 11.9. The van der Waals surface area contributed by atoms with Crippen LogP contribution in [-0.4, -0.2) is 11.9 Å². The molecule has 1 atom stereocenters. The molecule has 0 aliphatic carbocycles. The first kappa shape index (κ1) is 17.1. The highest BCUT2D eigenvalue weighted by Gasteiger charge is 2.16. The zero-order valence-corrected chi connectivity index (χ0v) is 12.8. The minimum Gasteiger partial charge on any atom is -0.480 e. The first-order valence-electron chi connectivity index (χ1n) is 6.66. The molecule has 0 aromatic heterocycles. The fraction of sp³-hybridized carbons (Fsp3) is 0.118. The van der Waals surface area contributed by atoms with Gasteiger partial charge in [-0.1, -0.05) is 11.6 Å². The van der Waals surface area contributed by atoms with Gasteiger partial charge in [-0.3, -0.25) is 4.79 Å². The lowest BCUT2D eigenvalue weighted by atomic mass is 10.1. The van der Waals surface area contributed by atoms with Crippen LogP contribution in [0, 0.1) is 17.5 Å². The van der Waals surface area contributed by atoms with Gasteiger partial charge in [0.2, 0.25) is 0 Å². The Morgan fingerprint density at radius 2 is 1.78 bits per heavy atom. The average molecular weight is 341 g/mol. The molecule has 2 nitrogen and oxygen atoms in total. The third-order valence-corrected chi connectivity index (χ3v) is 3.24. The second-order valence-corrected chi connectivity index (χ2v) is 5.13. The van der Waals surface area contributed by atoms with E-state index in [0.29, 0.717) is 0 Å². The zero-order valence-electron chi connectivity index (χ0n) is 12.0. The van der Waals surface area contributed by atoms with E-state index < -0.39 is 29.3 Å². The molecule has 2 aromatic carbocycles. The van der Waals surface area contributed by atoms with Crippen molar-refractivity contribution < 1.29 is 22.7 Å². The monoisotopic (exact) mass is 340 g/mol. The number of carbonyl (C=O) groups is 1. The van der Waals surface area contributed by atoms with Gasteiger partial charge < -0.3 is 4.74 Å². The molecule has 0 spiro atoms. The molecule has 23 heavy (non-hydrogen) atoms. The maximum Gasteiger partial charge on any atom is 0.193 e. The molecule has 0 heterocycles. The Balaban J connectivity index is 2.07. The maximum absolute atomic E-state index is 13.7. The highest BCUT2D eigenvalue weighted by Crippen LogP contribution is 2.28. The van der Waals surface area contributed by atoms with Crippen LogP contribution in [-0.2, 0) is 0 Å². The number of hydrogen-bond acceptors (Lipinski definition) is 2. The summed E-state index contributed by atoms with van der Waals surface area (Å²) in [5, 5.41) is -0.264. The Kier molecular flexibility index (Phi) is 5.45. The van der Waals surface area contributed by atoms with E-state index in [1.807, 2.05) is 0 Å². The summed E-state index contributed by atoms with van der Waals surface area (Å²) in [5.74, 6) is -3.33. The second-order valence-electron chi connectivity index (χ2n) is 4.73. The van der Waals surface area contributed by atoms with Crippen molar-refractivity contribution in [3.8, 4) is 5.75 Å². The number of halogens is 4. The quantitative estimate of drug-likeness (QED) is 0.436. The largest absolute Gasteiger partial charge is 0.480 e. The highest BCUT2D eigenvalue weighted by atomic mass is 35.5. The van der Waals surface area contributed by atoms with E-state index in [4.69, 9.17) is 16.3 Å². The standard InChI is InChI=1S/C17H12ClF3O2/c1-10(23-17-14(20)8-7-13(18)16(17)21)2-9-15(22)11-3-5-12(19)6-4-11/h2-10H,1H3/b9-2+. The Bertz CT molecular complexity index is 742. The molecule has 120 valence electrons. The SMILES string of the molecule is CC(/C=C/C(=O)c1ccc(F)cc1)Oc1c(F)ccc(Cl)c1F. The molecular weight excluding hydrogens is 329 g/mol. The van der Waals surface area contributed by atoms with Crippen molar-refractivity contribution >= 4 is 17.4 Å². The van der Waals surface area contributed by atoms with Crippen molar-refractivity contribution in [1.29, 1.82) is 0 Å². The van der Waals surface area contributed by atoms with Crippen LogP contribution in [0.2, 0.25) is 5.02 Å². The first-order valence-corrected chi connectivity index (χ1v) is 7.04. The Morgan fingerprint density at radius 3 is 2.43 bits per heavy atom. The summed E-state index contributed by atoms with van der Waals surface area (Å²) in [5.41, 5.74) is 0.287. The molecule has 0 aliphatic heterocycles. The van der Waals surface area contributed by atoms with Crippen molar-refractivity contribution in [3.63, 3.8) is 0 Å². The molecule has 0 N–H and O–H groups in total. The third-order valence-electron chi connectivity index (χ3n) is 2.95. The van der Waals surface area contributed by atoms with Gasteiger partial charge in [-0.25, -0.2) is 13.2 Å². The van der Waals surface area contributed by atoms with Crippen LogP contribution in [0.3, 0.4) is 0 Å². The molecule has 0 saturated heterocycles. The lowest BCUT2D eigenvalue weighted by molar-refractivity contribution is 0.104. The molecule has 0 fully saturated rings. The van der Waals surface area contributed by atoms with Crippen LogP contribution in [0.15, 0.2) is 48.6 Å². The summed E-state index contributed by atoms with van der Waals surface area (Å²) < 4.78 is 45.2. The minimum absolute atomic E-state index is 0.264. The van der Waals surface area contributed by atoms with Crippen molar-refractivity contribution in [2.24, 2.45) is 0 Å². The summed E-state index contributed by atoms with van der Waals surface area (Å²) in [7, 11) is 0. The maximum atomic E-state index is 13.7. The van der Waals surface area contributed by atoms with E-state index in [1.54, 1.807) is 0 Å². The predicted octanol–water partition coefficient (Wildman–Crippen LogP) is 4.96. The van der Waals surface area contributed by atoms with Crippen molar-refractivity contribution in [1.82, 2.24) is 0 Å². The van der Waals surface area contributed by atoms with Crippen LogP contribution < -0.4 is 4.74 Å². The molecular formula is C17H12ClF3O2. The third kappa shape index (κ3) is 4.36. The van der Waals surface area contributed by atoms with Gasteiger partial charge in [-0.05, 0) is 55.5 Å². The lowest BCUT2D eigenvalue weighted by Crippen LogP contribution is -2.11. The van der Waals surface area contributed by atoms with Gasteiger partial charge in [0.15, 0.2) is 23.2 Å². The summed E-state index contributed by atoms with van der Waals surface area (Å²) >= 11 is 5.57. The molecule has 0 bridgehead atoms. The van der Waals surface area contributed by atoms with Crippen molar-refractivity contribution in [2.75, 3.05) is 0 Å². The summed E-state index contributed by atoms with van der Waals surface area (Å²) in [6, 6.07) is 7.07. The molecule has 2 aromatic rings. The fourth-order valence-electron chi connectivity index (χ4n) is 1.77.